The Morgan fingerprint density at radius 3 is 2.83 bits per heavy atom. The number of nitrogens with zero attached hydrogens (tertiary/aromatic N) is 2. The third-order valence-corrected chi connectivity index (χ3v) is 7.04. The van der Waals surface area contributed by atoms with Gasteiger partial charge in [-0.2, -0.15) is 0 Å². The van der Waals surface area contributed by atoms with Crippen molar-refractivity contribution in [1.82, 2.24) is 15.5 Å². The van der Waals surface area contributed by atoms with E-state index in [9.17, 15) is 4.79 Å². The van der Waals surface area contributed by atoms with E-state index in [-0.39, 0.29) is 24.0 Å². The minimum absolute atomic E-state index is 0. The molecule has 2 heterocycles. The highest BCUT2D eigenvalue weighted by Crippen LogP contribution is 2.44. The molecule has 0 spiro atoms. The minimum atomic E-state index is 0. The number of rotatable bonds is 7. The summed E-state index contributed by atoms with van der Waals surface area (Å²) in [6.45, 7) is 2.42. The Morgan fingerprint density at radius 1 is 1.24 bits per heavy atom. The summed E-state index contributed by atoms with van der Waals surface area (Å²) in [7, 11) is 0. The van der Waals surface area contributed by atoms with Crippen molar-refractivity contribution >= 4 is 35.8 Å². The Morgan fingerprint density at radius 2 is 2.14 bits per heavy atom. The molecule has 4 aliphatic rings. The van der Waals surface area contributed by atoms with E-state index in [4.69, 9.17) is 9.41 Å². The zero-order chi connectivity index (χ0) is 18.9. The van der Waals surface area contributed by atoms with E-state index < -0.39 is 0 Å². The van der Waals surface area contributed by atoms with E-state index in [2.05, 4.69) is 15.5 Å². The lowest BCUT2D eigenvalue weighted by atomic mass is 9.95. The number of fused-ring (bicyclic) bond motifs is 2. The smallest absolute Gasteiger partial charge is 0.223 e. The van der Waals surface area contributed by atoms with Crippen molar-refractivity contribution in [2.24, 2.45) is 22.7 Å². The molecule has 1 aromatic rings. The Bertz CT molecular complexity index is 718. The first-order valence-electron chi connectivity index (χ1n) is 11.1. The number of nitrogens with one attached hydrogen (secondary N) is 2. The van der Waals surface area contributed by atoms with Crippen LogP contribution in [-0.2, 0) is 11.2 Å². The lowest BCUT2D eigenvalue weighted by Crippen LogP contribution is -2.46. The molecule has 4 atom stereocenters. The Labute approximate surface area is 190 Å². The molecule has 7 heteroatoms. The second kappa shape index (κ2) is 9.27. The maximum absolute atomic E-state index is 12.2. The normalized spacial score (nSPS) is 31.2. The van der Waals surface area contributed by atoms with E-state index in [0.717, 1.165) is 49.6 Å². The quantitative estimate of drug-likeness (QED) is 0.335. The van der Waals surface area contributed by atoms with Gasteiger partial charge in [-0.3, -0.25) is 9.79 Å². The molecular formula is C22H33IN4O2. The van der Waals surface area contributed by atoms with Gasteiger partial charge in [0.2, 0.25) is 5.91 Å². The molecule has 5 rings (SSSR count). The van der Waals surface area contributed by atoms with Crippen molar-refractivity contribution in [2.45, 2.75) is 63.5 Å². The summed E-state index contributed by atoms with van der Waals surface area (Å²) in [5.74, 6) is 4.31. The van der Waals surface area contributed by atoms with Crippen LogP contribution in [0.3, 0.4) is 0 Å². The van der Waals surface area contributed by atoms with Gasteiger partial charge in [-0.05, 0) is 56.1 Å². The van der Waals surface area contributed by atoms with Crippen molar-refractivity contribution in [3.05, 3.63) is 24.2 Å². The number of aliphatic imine (C=N–C) groups is 1. The molecule has 29 heavy (non-hydrogen) atoms. The van der Waals surface area contributed by atoms with Crippen molar-refractivity contribution in [3.8, 4) is 0 Å². The number of carbonyl (C=O) groups is 1. The summed E-state index contributed by atoms with van der Waals surface area (Å²) >= 11 is 0. The lowest BCUT2D eigenvalue weighted by molar-refractivity contribution is -0.128. The molecule has 1 aliphatic heterocycles. The number of carbonyl (C=O) groups excluding carboxylic acids is 1. The SMILES string of the molecule is I.O=C1CC(CN=C(NCCc2ccco2)NC2CC3CCC2C3)CN1C1CC1. The monoisotopic (exact) mass is 512 g/mol. The number of likely N-dealkylation sites (tertiary alicyclic amines) is 1. The van der Waals surface area contributed by atoms with Gasteiger partial charge in [-0.15, -0.1) is 24.0 Å². The summed E-state index contributed by atoms with van der Waals surface area (Å²) in [6, 6.07) is 5.03. The number of hydrogen-bond donors (Lipinski definition) is 2. The summed E-state index contributed by atoms with van der Waals surface area (Å²) in [6.07, 6.45) is 11.0. The summed E-state index contributed by atoms with van der Waals surface area (Å²) in [5.41, 5.74) is 0. The maximum Gasteiger partial charge on any atom is 0.223 e. The first-order valence-corrected chi connectivity index (χ1v) is 11.1. The van der Waals surface area contributed by atoms with Crippen LogP contribution in [0.15, 0.2) is 27.8 Å². The third-order valence-electron chi connectivity index (χ3n) is 7.04. The molecule has 4 fully saturated rings. The van der Waals surface area contributed by atoms with Crippen molar-refractivity contribution < 1.29 is 9.21 Å². The van der Waals surface area contributed by atoms with E-state index in [1.165, 1.54) is 38.5 Å². The molecule has 6 nitrogen and oxygen atoms in total. The van der Waals surface area contributed by atoms with Gasteiger partial charge in [0.15, 0.2) is 5.96 Å². The van der Waals surface area contributed by atoms with Crippen LogP contribution in [-0.4, -0.2) is 48.5 Å². The number of amides is 1. The highest BCUT2D eigenvalue weighted by Gasteiger charge is 2.40. The van der Waals surface area contributed by atoms with Crippen LogP contribution < -0.4 is 10.6 Å². The second-order valence-electron chi connectivity index (χ2n) is 9.22. The molecule has 0 radical (unpaired) electrons. The number of hydrogen-bond acceptors (Lipinski definition) is 3. The van der Waals surface area contributed by atoms with E-state index in [1.807, 2.05) is 12.1 Å². The van der Waals surface area contributed by atoms with Crippen molar-refractivity contribution in [2.75, 3.05) is 19.6 Å². The molecule has 1 saturated heterocycles. The largest absolute Gasteiger partial charge is 0.469 e. The summed E-state index contributed by atoms with van der Waals surface area (Å²) in [4.78, 5) is 19.2. The molecule has 2 N–H and O–H groups in total. The Hall–Kier alpha value is -1.25. The fourth-order valence-corrected chi connectivity index (χ4v) is 5.40. The fourth-order valence-electron chi connectivity index (χ4n) is 5.40. The number of halogens is 1. The zero-order valence-corrected chi connectivity index (χ0v) is 19.3. The average molecular weight is 512 g/mol. The van der Waals surface area contributed by atoms with Gasteiger partial charge >= 0.3 is 0 Å². The van der Waals surface area contributed by atoms with Crippen LogP contribution in [0.5, 0.6) is 0 Å². The highest BCUT2D eigenvalue weighted by molar-refractivity contribution is 14.0. The molecule has 160 valence electrons. The van der Waals surface area contributed by atoms with Crippen LogP contribution >= 0.6 is 24.0 Å². The first-order chi connectivity index (χ1) is 13.7. The Balaban J connectivity index is 0.00000205. The van der Waals surface area contributed by atoms with Gasteiger partial charge in [0.05, 0.1) is 6.26 Å². The summed E-state index contributed by atoms with van der Waals surface area (Å²) < 4.78 is 5.44. The molecule has 4 unspecified atom stereocenters. The molecule has 3 aliphatic carbocycles. The fraction of sp³-hybridized carbons (Fsp3) is 0.727. The lowest BCUT2D eigenvalue weighted by Gasteiger charge is -2.25. The molecule has 1 aromatic heterocycles. The Kier molecular flexibility index (Phi) is 6.71. The molecule has 1 amide bonds. The third kappa shape index (κ3) is 5.09. The van der Waals surface area contributed by atoms with Crippen LogP contribution in [0.2, 0.25) is 0 Å². The van der Waals surface area contributed by atoms with Gasteiger partial charge in [-0.25, -0.2) is 0 Å². The predicted octanol–water partition coefficient (Wildman–Crippen LogP) is 3.17. The standard InChI is InChI=1S/C22H32N4O2.HI/c27-21-12-16(14-26(21)18-5-6-18)13-24-22(23-8-7-19-2-1-9-28-19)25-20-11-15-3-4-17(20)10-15;/h1-2,9,15-18,20H,3-8,10-14H2,(H2,23,24,25);1H. The summed E-state index contributed by atoms with van der Waals surface area (Å²) in [5, 5.41) is 7.22. The molecular weight excluding hydrogens is 479 g/mol. The maximum atomic E-state index is 12.2. The predicted molar refractivity (Wildman–Crippen MR) is 123 cm³/mol. The van der Waals surface area contributed by atoms with Crippen LogP contribution in [0.4, 0.5) is 0 Å². The second-order valence-corrected chi connectivity index (χ2v) is 9.22. The van der Waals surface area contributed by atoms with E-state index >= 15 is 0 Å². The first kappa shape index (κ1) is 21.0. The van der Waals surface area contributed by atoms with E-state index in [1.54, 1.807) is 6.26 Å². The number of guanidine groups is 1. The van der Waals surface area contributed by atoms with Crippen LogP contribution in [0.25, 0.3) is 0 Å². The van der Waals surface area contributed by atoms with Gasteiger partial charge < -0.3 is 20.0 Å². The van der Waals surface area contributed by atoms with Gasteiger partial charge in [0.25, 0.3) is 0 Å². The highest BCUT2D eigenvalue weighted by atomic mass is 127. The minimum Gasteiger partial charge on any atom is -0.469 e. The van der Waals surface area contributed by atoms with Crippen LogP contribution in [0, 0.1) is 17.8 Å². The molecule has 0 aromatic carbocycles. The number of furan rings is 1. The molecule has 3 saturated carbocycles. The van der Waals surface area contributed by atoms with E-state index in [0.29, 0.717) is 30.3 Å². The van der Waals surface area contributed by atoms with Crippen molar-refractivity contribution in [1.29, 1.82) is 0 Å². The average Bonchev–Trinajstić information content (AvgIpc) is 3.10. The molecule has 2 bridgehead atoms. The topological polar surface area (TPSA) is 69.9 Å². The van der Waals surface area contributed by atoms with Crippen molar-refractivity contribution in [3.63, 3.8) is 0 Å². The zero-order valence-electron chi connectivity index (χ0n) is 17.0. The van der Waals surface area contributed by atoms with Gasteiger partial charge in [0.1, 0.15) is 5.76 Å². The van der Waals surface area contributed by atoms with Crippen LogP contribution in [0.1, 0.15) is 50.7 Å². The van der Waals surface area contributed by atoms with Gasteiger partial charge in [0, 0.05) is 50.5 Å². The van der Waals surface area contributed by atoms with Gasteiger partial charge in [-0.1, -0.05) is 6.42 Å².